The lowest BCUT2D eigenvalue weighted by Gasteiger charge is -2.34. The minimum atomic E-state index is -1.73. The SMILES string of the molecule is CCN1CCC(F)(C(=O)Cc2cc3cc(-c4cn(C)nn4)ccc3cn2)CC1. The number of hydrogen-bond acceptors (Lipinski definition) is 5. The summed E-state index contributed by atoms with van der Waals surface area (Å²) < 4.78 is 16.8. The van der Waals surface area contributed by atoms with Crippen molar-refractivity contribution in [3.05, 3.63) is 42.4 Å². The summed E-state index contributed by atoms with van der Waals surface area (Å²) >= 11 is 0. The van der Waals surface area contributed by atoms with E-state index in [9.17, 15) is 4.79 Å². The smallest absolute Gasteiger partial charge is 0.175 e. The highest BCUT2D eigenvalue weighted by molar-refractivity contribution is 5.91. The number of rotatable bonds is 5. The molecule has 0 bridgehead atoms. The van der Waals surface area contributed by atoms with E-state index in [0.717, 1.165) is 28.6 Å². The number of ketones is 1. The molecule has 7 heteroatoms. The van der Waals surface area contributed by atoms with E-state index >= 15 is 4.39 Å². The highest BCUT2D eigenvalue weighted by atomic mass is 19.1. The zero-order chi connectivity index (χ0) is 19.7. The van der Waals surface area contributed by atoms with E-state index in [0.29, 0.717) is 18.8 Å². The third-order valence-electron chi connectivity index (χ3n) is 5.61. The first-order chi connectivity index (χ1) is 13.5. The number of hydrogen-bond donors (Lipinski definition) is 0. The van der Waals surface area contributed by atoms with Crippen LogP contribution in [0.1, 0.15) is 25.5 Å². The van der Waals surface area contributed by atoms with E-state index in [4.69, 9.17) is 0 Å². The van der Waals surface area contributed by atoms with Gasteiger partial charge in [0.2, 0.25) is 0 Å². The summed E-state index contributed by atoms with van der Waals surface area (Å²) in [5.74, 6) is -0.361. The molecule has 6 nitrogen and oxygen atoms in total. The third kappa shape index (κ3) is 3.67. The minimum absolute atomic E-state index is 0.0218. The second-order valence-corrected chi connectivity index (χ2v) is 7.51. The van der Waals surface area contributed by atoms with Crippen molar-refractivity contribution < 1.29 is 9.18 Å². The molecule has 1 aromatic carbocycles. The van der Waals surface area contributed by atoms with E-state index in [2.05, 4.69) is 27.1 Å². The molecule has 0 radical (unpaired) electrons. The second-order valence-electron chi connectivity index (χ2n) is 7.51. The number of Topliss-reactive ketones (excluding diaryl/α,β-unsaturated/α-hetero) is 1. The molecule has 1 aliphatic rings. The Labute approximate surface area is 163 Å². The number of carbonyl (C=O) groups is 1. The van der Waals surface area contributed by atoms with E-state index in [-0.39, 0.29) is 25.0 Å². The van der Waals surface area contributed by atoms with Crippen LogP contribution in [0.4, 0.5) is 4.39 Å². The molecule has 1 aliphatic heterocycles. The monoisotopic (exact) mass is 381 g/mol. The van der Waals surface area contributed by atoms with Gasteiger partial charge in [-0.2, -0.15) is 0 Å². The fourth-order valence-corrected chi connectivity index (χ4v) is 3.75. The molecule has 28 heavy (non-hydrogen) atoms. The molecular formula is C21H24FN5O. The number of nitrogens with zero attached hydrogens (tertiary/aromatic N) is 5. The van der Waals surface area contributed by atoms with Gasteiger partial charge in [0.25, 0.3) is 0 Å². The molecule has 0 saturated carbocycles. The van der Waals surface area contributed by atoms with Crippen LogP contribution in [-0.2, 0) is 18.3 Å². The van der Waals surface area contributed by atoms with Gasteiger partial charge >= 0.3 is 0 Å². The molecule has 0 N–H and O–H groups in total. The van der Waals surface area contributed by atoms with Gasteiger partial charge in [0.1, 0.15) is 5.69 Å². The van der Waals surface area contributed by atoms with Crippen LogP contribution in [0.15, 0.2) is 36.7 Å². The predicted octanol–water partition coefficient (Wildman–Crippen LogP) is 2.97. The fraction of sp³-hybridized carbons (Fsp3) is 0.429. The molecule has 1 fully saturated rings. The van der Waals surface area contributed by atoms with E-state index in [1.165, 1.54) is 0 Å². The Morgan fingerprint density at radius 2 is 2.00 bits per heavy atom. The Morgan fingerprint density at radius 1 is 1.21 bits per heavy atom. The molecule has 4 rings (SSSR count). The summed E-state index contributed by atoms with van der Waals surface area (Å²) in [7, 11) is 1.82. The quantitative estimate of drug-likeness (QED) is 0.680. The average molecular weight is 381 g/mol. The molecule has 3 aromatic rings. The topological polar surface area (TPSA) is 63.9 Å². The Balaban J connectivity index is 1.54. The number of aromatic nitrogens is 4. The summed E-state index contributed by atoms with van der Waals surface area (Å²) in [6, 6.07) is 7.81. The van der Waals surface area contributed by atoms with Crippen molar-refractivity contribution in [1.82, 2.24) is 24.9 Å². The highest BCUT2D eigenvalue weighted by Crippen LogP contribution is 2.29. The lowest BCUT2D eigenvalue weighted by atomic mass is 9.87. The molecule has 146 valence electrons. The third-order valence-corrected chi connectivity index (χ3v) is 5.61. The number of aryl methyl sites for hydroxylation is 1. The lowest BCUT2D eigenvalue weighted by Crippen LogP contribution is -2.47. The van der Waals surface area contributed by atoms with E-state index in [1.54, 1.807) is 10.9 Å². The van der Waals surface area contributed by atoms with Crippen LogP contribution in [0.5, 0.6) is 0 Å². The molecular weight excluding hydrogens is 357 g/mol. The summed E-state index contributed by atoms with van der Waals surface area (Å²) in [6.07, 6.45) is 4.15. The van der Waals surface area contributed by atoms with Gasteiger partial charge in [0, 0.05) is 55.8 Å². The molecule has 1 saturated heterocycles. The summed E-state index contributed by atoms with van der Waals surface area (Å²) in [5, 5.41) is 10.0. The number of likely N-dealkylation sites (tertiary alicyclic amines) is 1. The van der Waals surface area contributed by atoms with Crippen molar-refractivity contribution in [2.75, 3.05) is 19.6 Å². The number of benzene rings is 1. The van der Waals surface area contributed by atoms with Crippen molar-refractivity contribution in [2.24, 2.45) is 7.05 Å². The van der Waals surface area contributed by atoms with Gasteiger partial charge in [0.05, 0.1) is 12.6 Å². The summed E-state index contributed by atoms with van der Waals surface area (Å²) in [4.78, 5) is 19.2. The average Bonchev–Trinajstić information content (AvgIpc) is 3.14. The maximum atomic E-state index is 15.1. The molecule has 3 heterocycles. The van der Waals surface area contributed by atoms with Gasteiger partial charge in [-0.1, -0.05) is 24.3 Å². The van der Waals surface area contributed by atoms with Gasteiger partial charge in [-0.05, 0) is 24.1 Å². The number of pyridine rings is 1. The van der Waals surface area contributed by atoms with E-state index in [1.807, 2.05) is 37.5 Å². The van der Waals surface area contributed by atoms with Gasteiger partial charge in [-0.25, -0.2) is 4.39 Å². The number of halogens is 1. The van der Waals surface area contributed by atoms with Crippen LogP contribution < -0.4 is 0 Å². The van der Waals surface area contributed by atoms with Crippen LogP contribution in [0, 0.1) is 0 Å². The van der Waals surface area contributed by atoms with Gasteiger partial charge in [-0.3, -0.25) is 14.5 Å². The van der Waals surface area contributed by atoms with Crippen LogP contribution in [0.25, 0.3) is 22.0 Å². The van der Waals surface area contributed by atoms with Crippen molar-refractivity contribution in [2.45, 2.75) is 31.9 Å². The number of piperidine rings is 1. The van der Waals surface area contributed by atoms with Gasteiger partial charge < -0.3 is 4.90 Å². The molecule has 0 aliphatic carbocycles. The first-order valence-electron chi connectivity index (χ1n) is 9.67. The predicted molar refractivity (Wildman–Crippen MR) is 106 cm³/mol. The molecule has 0 atom stereocenters. The molecule has 0 unspecified atom stereocenters. The van der Waals surface area contributed by atoms with Crippen molar-refractivity contribution in [3.63, 3.8) is 0 Å². The van der Waals surface area contributed by atoms with Crippen LogP contribution in [0.2, 0.25) is 0 Å². The summed E-state index contributed by atoms with van der Waals surface area (Å²) in [6.45, 7) is 4.21. The van der Waals surface area contributed by atoms with Crippen LogP contribution >= 0.6 is 0 Å². The van der Waals surface area contributed by atoms with Gasteiger partial charge in [-0.15, -0.1) is 5.10 Å². The fourth-order valence-electron chi connectivity index (χ4n) is 3.75. The van der Waals surface area contributed by atoms with E-state index < -0.39 is 5.67 Å². The molecule has 0 amide bonds. The number of carbonyl (C=O) groups excluding carboxylic acids is 1. The van der Waals surface area contributed by atoms with Crippen LogP contribution in [-0.4, -0.2) is 56.0 Å². The highest BCUT2D eigenvalue weighted by Gasteiger charge is 2.40. The first-order valence-corrected chi connectivity index (χ1v) is 9.67. The van der Waals surface area contributed by atoms with Crippen molar-refractivity contribution in [3.8, 4) is 11.3 Å². The Bertz CT molecular complexity index is 1010. The zero-order valence-corrected chi connectivity index (χ0v) is 16.2. The molecule has 0 spiro atoms. The van der Waals surface area contributed by atoms with Crippen molar-refractivity contribution >= 4 is 16.6 Å². The van der Waals surface area contributed by atoms with Crippen molar-refractivity contribution in [1.29, 1.82) is 0 Å². The second kappa shape index (κ2) is 7.39. The summed E-state index contributed by atoms with van der Waals surface area (Å²) in [5.41, 5.74) is 0.593. The van der Waals surface area contributed by atoms with Gasteiger partial charge in [0.15, 0.2) is 11.5 Å². The Kier molecular flexibility index (Phi) is 4.93. The normalized spacial score (nSPS) is 17.1. The molecule has 2 aromatic heterocycles. The maximum absolute atomic E-state index is 15.1. The minimum Gasteiger partial charge on any atom is -0.303 e. The number of fused-ring (bicyclic) bond motifs is 1. The largest absolute Gasteiger partial charge is 0.303 e. The Morgan fingerprint density at radius 3 is 2.68 bits per heavy atom. The first kappa shape index (κ1) is 18.7. The lowest BCUT2D eigenvalue weighted by molar-refractivity contribution is -0.133. The Hall–Kier alpha value is -2.67. The van der Waals surface area contributed by atoms with Crippen LogP contribution in [0.3, 0.4) is 0 Å². The standard InChI is InChI=1S/C21H24FN5O/c1-3-27-8-6-21(22,7-9-27)20(28)12-18-11-17-10-15(4-5-16(17)13-23-18)19-14-26(2)25-24-19/h4-5,10-11,13-14H,3,6-9,12H2,1-2H3. The number of alkyl halides is 1. The maximum Gasteiger partial charge on any atom is 0.175 e. The zero-order valence-electron chi connectivity index (χ0n) is 16.2.